The summed E-state index contributed by atoms with van der Waals surface area (Å²) >= 11 is 5.67. The molecular formula is C21H18ClFN2O3. The fraction of sp³-hybridized carbons (Fsp3) is 0.143. The Morgan fingerprint density at radius 1 is 1.11 bits per heavy atom. The molecule has 3 aromatic rings. The van der Waals surface area contributed by atoms with Gasteiger partial charge in [-0.1, -0.05) is 29.3 Å². The molecule has 1 heterocycles. The van der Waals surface area contributed by atoms with E-state index in [-0.39, 0.29) is 16.8 Å². The summed E-state index contributed by atoms with van der Waals surface area (Å²) in [5.74, 6) is -0.254. The van der Waals surface area contributed by atoms with Crippen LogP contribution in [0.4, 0.5) is 10.1 Å². The van der Waals surface area contributed by atoms with Gasteiger partial charge in [0.25, 0.3) is 11.8 Å². The highest BCUT2D eigenvalue weighted by molar-refractivity contribution is 6.30. The van der Waals surface area contributed by atoms with Crippen LogP contribution in [-0.2, 0) is 4.79 Å². The standard InChI is InChI=1S/C21H18ClFN2O3/c1-13-3-5-16(6-4-13)25-20(26)14(2)27-17-7-9-18(10-8-17)28-21-19(23)11-15(22)12-24-21/h3-12,14H,1-2H3,(H,25,26). The number of aryl methyl sites for hydroxylation is 1. The first-order valence-electron chi connectivity index (χ1n) is 8.54. The molecule has 0 aliphatic heterocycles. The highest BCUT2D eigenvalue weighted by Gasteiger charge is 2.15. The topological polar surface area (TPSA) is 60.5 Å². The van der Waals surface area contributed by atoms with E-state index in [9.17, 15) is 9.18 Å². The van der Waals surface area contributed by atoms with E-state index in [1.165, 1.54) is 6.20 Å². The van der Waals surface area contributed by atoms with Crippen molar-refractivity contribution in [3.05, 3.63) is 77.2 Å². The van der Waals surface area contributed by atoms with Crippen LogP contribution in [0.5, 0.6) is 17.4 Å². The molecule has 0 aliphatic rings. The summed E-state index contributed by atoms with van der Waals surface area (Å²) in [6.45, 7) is 3.63. The van der Waals surface area contributed by atoms with Crippen LogP contribution in [0.15, 0.2) is 60.8 Å². The third-order valence-electron chi connectivity index (χ3n) is 3.81. The van der Waals surface area contributed by atoms with Gasteiger partial charge in [-0.2, -0.15) is 0 Å². The summed E-state index contributed by atoms with van der Waals surface area (Å²) in [6, 6.07) is 15.0. The van der Waals surface area contributed by atoms with Crippen molar-refractivity contribution in [2.75, 3.05) is 5.32 Å². The van der Waals surface area contributed by atoms with Crippen molar-refractivity contribution in [3.63, 3.8) is 0 Å². The van der Waals surface area contributed by atoms with Crippen LogP contribution in [0, 0.1) is 12.7 Å². The number of amides is 1. The van der Waals surface area contributed by atoms with Gasteiger partial charge in [-0.25, -0.2) is 9.37 Å². The zero-order valence-corrected chi connectivity index (χ0v) is 16.0. The van der Waals surface area contributed by atoms with Crippen LogP contribution in [0.3, 0.4) is 0 Å². The van der Waals surface area contributed by atoms with Gasteiger partial charge in [0.1, 0.15) is 11.5 Å². The minimum absolute atomic E-state index is 0.177. The van der Waals surface area contributed by atoms with Gasteiger partial charge >= 0.3 is 0 Å². The third kappa shape index (κ3) is 5.20. The van der Waals surface area contributed by atoms with Crippen molar-refractivity contribution in [1.82, 2.24) is 4.98 Å². The normalized spacial score (nSPS) is 11.6. The minimum Gasteiger partial charge on any atom is -0.481 e. The maximum absolute atomic E-state index is 13.7. The predicted octanol–water partition coefficient (Wildman–Crippen LogP) is 5.38. The molecule has 144 valence electrons. The van der Waals surface area contributed by atoms with Crippen LogP contribution in [0.2, 0.25) is 5.02 Å². The highest BCUT2D eigenvalue weighted by atomic mass is 35.5. The van der Waals surface area contributed by atoms with E-state index >= 15 is 0 Å². The number of pyridine rings is 1. The van der Waals surface area contributed by atoms with Crippen LogP contribution in [0.25, 0.3) is 0 Å². The predicted molar refractivity (Wildman–Crippen MR) is 106 cm³/mol. The molecule has 2 aromatic carbocycles. The van der Waals surface area contributed by atoms with E-state index in [1.807, 2.05) is 31.2 Å². The number of hydrogen-bond donors (Lipinski definition) is 1. The van der Waals surface area contributed by atoms with Crippen LogP contribution >= 0.6 is 11.6 Å². The summed E-state index contributed by atoms with van der Waals surface area (Å²) in [4.78, 5) is 16.1. The van der Waals surface area contributed by atoms with Gasteiger partial charge in [-0.15, -0.1) is 0 Å². The lowest BCUT2D eigenvalue weighted by atomic mass is 10.2. The largest absolute Gasteiger partial charge is 0.481 e. The van der Waals surface area contributed by atoms with E-state index in [0.29, 0.717) is 17.2 Å². The Bertz CT molecular complexity index is 962. The van der Waals surface area contributed by atoms with E-state index < -0.39 is 11.9 Å². The average molecular weight is 401 g/mol. The van der Waals surface area contributed by atoms with E-state index in [4.69, 9.17) is 21.1 Å². The van der Waals surface area contributed by atoms with Gasteiger partial charge in [0.05, 0.1) is 5.02 Å². The molecule has 0 saturated heterocycles. The number of benzene rings is 2. The molecule has 3 rings (SSSR count). The number of carbonyl (C=O) groups excluding carboxylic acids is 1. The second-order valence-corrected chi connectivity index (χ2v) is 6.57. The molecular weight excluding hydrogens is 383 g/mol. The van der Waals surface area contributed by atoms with E-state index in [0.717, 1.165) is 11.6 Å². The molecule has 0 spiro atoms. The van der Waals surface area contributed by atoms with Crippen LogP contribution < -0.4 is 14.8 Å². The SMILES string of the molecule is Cc1ccc(NC(=O)C(C)Oc2ccc(Oc3ncc(Cl)cc3F)cc2)cc1. The van der Waals surface area contributed by atoms with Gasteiger partial charge in [-0.05, 0) is 56.3 Å². The number of hydrogen-bond acceptors (Lipinski definition) is 4. The molecule has 0 bridgehead atoms. The van der Waals surface area contributed by atoms with Crippen LogP contribution in [-0.4, -0.2) is 17.0 Å². The van der Waals surface area contributed by atoms with Crippen molar-refractivity contribution in [1.29, 1.82) is 0 Å². The monoisotopic (exact) mass is 400 g/mol. The highest BCUT2D eigenvalue weighted by Crippen LogP contribution is 2.26. The molecule has 0 saturated carbocycles. The van der Waals surface area contributed by atoms with Crippen molar-refractivity contribution in [3.8, 4) is 17.4 Å². The molecule has 5 nitrogen and oxygen atoms in total. The Morgan fingerprint density at radius 2 is 1.75 bits per heavy atom. The lowest BCUT2D eigenvalue weighted by Crippen LogP contribution is -2.30. The summed E-state index contributed by atoms with van der Waals surface area (Å²) in [7, 11) is 0. The quantitative estimate of drug-likeness (QED) is 0.603. The fourth-order valence-electron chi connectivity index (χ4n) is 2.31. The number of rotatable bonds is 6. The zero-order valence-electron chi connectivity index (χ0n) is 15.3. The maximum atomic E-state index is 13.7. The first kappa shape index (κ1) is 19.6. The number of ether oxygens (including phenoxy) is 2. The van der Waals surface area contributed by atoms with Crippen molar-refractivity contribution >= 4 is 23.2 Å². The maximum Gasteiger partial charge on any atom is 0.265 e. The number of aromatic nitrogens is 1. The molecule has 28 heavy (non-hydrogen) atoms. The Kier molecular flexibility index (Phi) is 6.11. The van der Waals surface area contributed by atoms with Crippen molar-refractivity contribution < 1.29 is 18.7 Å². The number of halogens is 2. The van der Waals surface area contributed by atoms with Gasteiger partial charge in [-0.3, -0.25) is 4.79 Å². The Labute approximate surface area is 167 Å². The third-order valence-corrected chi connectivity index (χ3v) is 4.02. The zero-order chi connectivity index (χ0) is 20.1. The molecule has 0 radical (unpaired) electrons. The summed E-state index contributed by atoms with van der Waals surface area (Å²) in [5.41, 5.74) is 1.81. The molecule has 1 unspecified atom stereocenters. The summed E-state index contributed by atoms with van der Waals surface area (Å²) in [6.07, 6.45) is 0.592. The molecule has 1 atom stereocenters. The second-order valence-electron chi connectivity index (χ2n) is 6.13. The van der Waals surface area contributed by atoms with Crippen molar-refractivity contribution in [2.45, 2.75) is 20.0 Å². The van der Waals surface area contributed by atoms with E-state index in [2.05, 4.69) is 10.3 Å². The smallest absolute Gasteiger partial charge is 0.265 e. The average Bonchev–Trinajstić information content (AvgIpc) is 2.67. The number of nitrogens with one attached hydrogen (secondary N) is 1. The van der Waals surface area contributed by atoms with Crippen molar-refractivity contribution in [2.24, 2.45) is 0 Å². The molecule has 0 aliphatic carbocycles. The summed E-state index contributed by atoms with van der Waals surface area (Å²) < 4.78 is 24.8. The lowest BCUT2D eigenvalue weighted by Gasteiger charge is -2.15. The van der Waals surface area contributed by atoms with Gasteiger partial charge in [0.2, 0.25) is 0 Å². The van der Waals surface area contributed by atoms with Gasteiger partial charge < -0.3 is 14.8 Å². The van der Waals surface area contributed by atoms with E-state index in [1.54, 1.807) is 31.2 Å². The van der Waals surface area contributed by atoms with Crippen LogP contribution in [0.1, 0.15) is 12.5 Å². The molecule has 0 fully saturated rings. The Morgan fingerprint density at radius 3 is 2.39 bits per heavy atom. The summed E-state index contributed by atoms with van der Waals surface area (Å²) in [5, 5.41) is 2.98. The number of carbonyl (C=O) groups is 1. The first-order valence-corrected chi connectivity index (χ1v) is 8.91. The molecule has 1 amide bonds. The second kappa shape index (κ2) is 8.71. The minimum atomic E-state index is -0.705. The number of nitrogens with zero attached hydrogens (tertiary/aromatic N) is 1. The van der Waals surface area contributed by atoms with Gasteiger partial charge in [0, 0.05) is 11.9 Å². The Balaban J connectivity index is 1.58. The fourth-order valence-corrected chi connectivity index (χ4v) is 2.46. The van der Waals surface area contributed by atoms with Gasteiger partial charge in [0.15, 0.2) is 11.9 Å². The first-order chi connectivity index (χ1) is 13.4. The Hall–Kier alpha value is -3.12. The lowest BCUT2D eigenvalue weighted by molar-refractivity contribution is -0.122. The molecule has 7 heteroatoms. The molecule has 1 aromatic heterocycles. The number of anilines is 1. The molecule has 1 N–H and O–H groups in total.